The van der Waals surface area contributed by atoms with Gasteiger partial charge in [-0.25, -0.2) is 4.39 Å². The van der Waals surface area contributed by atoms with Crippen LogP contribution in [-0.2, 0) is 19.7 Å². The van der Waals surface area contributed by atoms with E-state index in [1.165, 1.54) is 19.1 Å². The smallest absolute Gasteiger partial charge is 0.222 e. The van der Waals surface area contributed by atoms with Crippen molar-refractivity contribution in [2.75, 3.05) is 26.9 Å². The van der Waals surface area contributed by atoms with E-state index in [2.05, 4.69) is 10.6 Å². The highest BCUT2D eigenvalue weighted by molar-refractivity contribution is 5.79. The molecule has 0 radical (unpaired) electrons. The SMILES string of the molecule is COc1ccc(C(CC(=O)NCC2(c3cccc(F)c3)CCOCC2)NC(C)=O)cc1. The largest absolute Gasteiger partial charge is 0.497 e. The minimum Gasteiger partial charge on any atom is -0.497 e. The zero-order chi connectivity index (χ0) is 22.3. The highest BCUT2D eigenvalue weighted by Gasteiger charge is 2.35. The van der Waals surface area contributed by atoms with Crippen molar-refractivity contribution in [2.45, 2.75) is 37.6 Å². The lowest BCUT2D eigenvalue weighted by atomic mass is 9.74. The monoisotopic (exact) mass is 428 g/mol. The van der Waals surface area contributed by atoms with Crippen LogP contribution in [0.5, 0.6) is 5.75 Å². The average Bonchev–Trinajstić information content (AvgIpc) is 2.78. The lowest BCUT2D eigenvalue weighted by Gasteiger charge is -2.38. The molecule has 1 aliphatic heterocycles. The van der Waals surface area contributed by atoms with Gasteiger partial charge in [0.2, 0.25) is 11.8 Å². The Morgan fingerprint density at radius 2 is 1.87 bits per heavy atom. The molecule has 1 heterocycles. The fraction of sp³-hybridized carbons (Fsp3) is 0.417. The first-order valence-electron chi connectivity index (χ1n) is 10.4. The van der Waals surface area contributed by atoms with Gasteiger partial charge < -0.3 is 20.1 Å². The number of halogens is 1. The van der Waals surface area contributed by atoms with Crippen LogP contribution in [0, 0.1) is 5.82 Å². The maximum Gasteiger partial charge on any atom is 0.222 e. The second-order valence-electron chi connectivity index (χ2n) is 7.91. The van der Waals surface area contributed by atoms with Gasteiger partial charge in [0.15, 0.2) is 0 Å². The maximum absolute atomic E-state index is 13.9. The first kappa shape index (κ1) is 22.7. The number of benzene rings is 2. The molecule has 2 aromatic rings. The van der Waals surface area contributed by atoms with E-state index in [4.69, 9.17) is 9.47 Å². The van der Waals surface area contributed by atoms with Gasteiger partial charge in [-0.05, 0) is 48.2 Å². The summed E-state index contributed by atoms with van der Waals surface area (Å²) >= 11 is 0. The molecule has 166 valence electrons. The fourth-order valence-corrected chi connectivity index (χ4v) is 4.01. The van der Waals surface area contributed by atoms with Crippen molar-refractivity contribution in [3.05, 3.63) is 65.5 Å². The second-order valence-corrected chi connectivity index (χ2v) is 7.91. The van der Waals surface area contributed by atoms with Crippen LogP contribution in [0.15, 0.2) is 48.5 Å². The molecule has 0 spiro atoms. The molecular weight excluding hydrogens is 399 g/mol. The van der Waals surface area contributed by atoms with Gasteiger partial charge in [0, 0.05) is 32.1 Å². The van der Waals surface area contributed by atoms with Crippen molar-refractivity contribution in [1.82, 2.24) is 10.6 Å². The van der Waals surface area contributed by atoms with Gasteiger partial charge in [0.05, 0.1) is 19.6 Å². The normalized spacial score (nSPS) is 16.2. The summed E-state index contributed by atoms with van der Waals surface area (Å²) < 4.78 is 24.5. The zero-order valence-corrected chi connectivity index (χ0v) is 17.9. The molecule has 1 saturated heterocycles. The number of nitrogens with one attached hydrogen (secondary N) is 2. The minimum atomic E-state index is -0.455. The Kier molecular flexibility index (Phi) is 7.63. The van der Waals surface area contributed by atoms with Gasteiger partial charge in [-0.2, -0.15) is 0 Å². The molecule has 7 heteroatoms. The Morgan fingerprint density at radius 1 is 1.16 bits per heavy atom. The zero-order valence-electron chi connectivity index (χ0n) is 17.9. The first-order chi connectivity index (χ1) is 14.9. The number of methoxy groups -OCH3 is 1. The molecule has 1 aliphatic rings. The molecule has 0 aromatic heterocycles. The Bertz CT molecular complexity index is 895. The predicted molar refractivity (Wildman–Crippen MR) is 115 cm³/mol. The first-order valence-corrected chi connectivity index (χ1v) is 10.4. The van der Waals surface area contributed by atoms with Gasteiger partial charge in [0.1, 0.15) is 11.6 Å². The highest BCUT2D eigenvalue weighted by Crippen LogP contribution is 2.34. The Labute approximate surface area is 182 Å². The Hall–Kier alpha value is -2.93. The lowest BCUT2D eigenvalue weighted by Crippen LogP contribution is -2.45. The molecule has 2 aromatic carbocycles. The predicted octanol–water partition coefficient (Wildman–Crippen LogP) is 3.27. The van der Waals surface area contributed by atoms with Gasteiger partial charge in [-0.1, -0.05) is 24.3 Å². The molecule has 0 aliphatic carbocycles. The minimum absolute atomic E-state index is 0.0988. The van der Waals surface area contributed by atoms with Crippen LogP contribution in [0.3, 0.4) is 0 Å². The number of carbonyl (C=O) groups excluding carboxylic acids is 2. The van der Waals surface area contributed by atoms with Gasteiger partial charge in [-0.3, -0.25) is 9.59 Å². The van der Waals surface area contributed by atoms with Crippen molar-refractivity contribution in [2.24, 2.45) is 0 Å². The van der Waals surface area contributed by atoms with Gasteiger partial charge in [0.25, 0.3) is 0 Å². The molecule has 3 rings (SSSR count). The second kappa shape index (κ2) is 10.4. The summed E-state index contributed by atoms with van der Waals surface area (Å²) in [6.07, 6.45) is 1.50. The summed E-state index contributed by atoms with van der Waals surface area (Å²) in [5, 5.41) is 5.86. The molecule has 1 unspecified atom stereocenters. The number of hydrogen-bond donors (Lipinski definition) is 2. The van der Waals surface area contributed by atoms with Crippen molar-refractivity contribution < 1.29 is 23.5 Å². The van der Waals surface area contributed by atoms with Crippen molar-refractivity contribution >= 4 is 11.8 Å². The van der Waals surface area contributed by atoms with E-state index in [1.807, 2.05) is 18.2 Å². The molecule has 1 fully saturated rings. The number of ether oxygens (including phenoxy) is 2. The van der Waals surface area contributed by atoms with Crippen LogP contribution in [0.1, 0.15) is 43.4 Å². The van der Waals surface area contributed by atoms with E-state index in [-0.39, 0.29) is 29.5 Å². The summed E-state index contributed by atoms with van der Waals surface area (Å²) in [6, 6.07) is 13.4. The summed E-state index contributed by atoms with van der Waals surface area (Å²) in [5.41, 5.74) is 1.31. The van der Waals surface area contributed by atoms with Gasteiger partial charge in [-0.15, -0.1) is 0 Å². The van der Waals surface area contributed by atoms with Crippen molar-refractivity contribution in [3.63, 3.8) is 0 Å². The molecule has 6 nitrogen and oxygen atoms in total. The molecule has 31 heavy (non-hydrogen) atoms. The molecular formula is C24H29FN2O4. The van der Waals surface area contributed by atoms with E-state index in [9.17, 15) is 14.0 Å². The summed E-state index contributed by atoms with van der Waals surface area (Å²) in [4.78, 5) is 24.5. The topological polar surface area (TPSA) is 76.7 Å². The van der Waals surface area contributed by atoms with E-state index >= 15 is 0 Å². The van der Waals surface area contributed by atoms with E-state index in [0.29, 0.717) is 38.3 Å². The average molecular weight is 429 g/mol. The van der Waals surface area contributed by atoms with Crippen molar-refractivity contribution in [1.29, 1.82) is 0 Å². The molecule has 2 amide bonds. The number of carbonyl (C=O) groups is 2. The highest BCUT2D eigenvalue weighted by atomic mass is 19.1. The van der Waals surface area contributed by atoms with Crippen LogP contribution < -0.4 is 15.4 Å². The van der Waals surface area contributed by atoms with E-state index in [0.717, 1.165) is 11.1 Å². The van der Waals surface area contributed by atoms with Crippen LogP contribution in [0.25, 0.3) is 0 Å². The number of amides is 2. The van der Waals surface area contributed by atoms with E-state index < -0.39 is 6.04 Å². The molecule has 1 atom stereocenters. The lowest BCUT2D eigenvalue weighted by molar-refractivity contribution is -0.123. The van der Waals surface area contributed by atoms with E-state index in [1.54, 1.807) is 25.3 Å². The quantitative estimate of drug-likeness (QED) is 0.677. The van der Waals surface area contributed by atoms with Gasteiger partial charge >= 0.3 is 0 Å². The molecule has 0 saturated carbocycles. The third-order valence-corrected chi connectivity index (χ3v) is 5.80. The maximum atomic E-state index is 13.9. The number of hydrogen-bond acceptors (Lipinski definition) is 4. The molecule has 0 bridgehead atoms. The fourth-order valence-electron chi connectivity index (χ4n) is 4.01. The molecule has 2 N–H and O–H groups in total. The van der Waals surface area contributed by atoms with Crippen LogP contribution in [0.4, 0.5) is 4.39 Å². The standard InChI is InChI=1S/C24H29FN2O4/c1-17(28)27-22(18-6-8-21(30-2)9-7-18)15-23(29)26-16-24(10-12-31-13-11-24)19-4-3-5-20(25)14-19/h3-9,14,22H,10-13,15-16H2,1-2H3,(H,26,29)(H,27,28). The van der Waals surface area contributed by atoms with Crippen LogP contribution in [0.2, 0.25) is 0 Å². The van der Waals surface area contributed by atoms with Crippen LogP contribution in [-0.4, -0.2) is 38.7 Å². The third-order valence-electron chi connectivity index (χ3n) is 5.80. The third kappa shape index (κ3) is 6.04. The summed E-state index contributed by atoms with van der Waals surface area (Å²) in [7, 11) is 1.58. The Morgan fingerprint density at radius 3 is 2.48 bits per heavy atom. The summed E-state index contributed by atoms with van der Waals surface area (Å²) in [5.74, 6) is 0.0115. The summed E-state index contributed by atoms with van der Waals surface area (Å²) in [6.45, 7) is 2.93. The van der Waals surface area contributed by atoms with Crippen LogP contribution >= 0.6 is 0 Å². The Balaban J connectivity index is 1.70. The van der Waals surface area contributed by atoms with Crippen molar-refractivity contribution in [3.8, 4) is 5.75 Å². The number of rotatable bonds is 8.